The number of hydrogen-bond acceptors (Lipinski definition) is 3. The van der Waals surface area contributed by atoms with Crippen molar-refractivity contribution in [3.8, 4) is 0 Å². The smallest absolute Gasteiger partial charge is 0.230 e. The summed E-state index contributed by atoms with van der Waals surface area (Å²) < 4.78 is 1.63. The van der Waals surface area contributed by atoms with Crippen LogP contribution in [0.4, 0.5) is 5.82 Å². The van der Waals surface area contributed by atoms with Gasteiger partial charge in [-0.3, -0.25) is 14.4 Å². The number of hydrogen-bond donors (Lipinski definition) is 1. The molecule has 1 saturated heterocycles. The molecule has 0 bridgehead atoms. The minimum atomic E-state index is -0.547. The fourth-order valence-electron chi connectivity index (χ4n) is 1.46. The van der Waals surface area contributed by atoms with Gasteiger partial charge in [0.1, 0.15) is 0 Å². The van der Waals surface area contributed by atoms with Crippen LogP contribution in [0.1, 0.15) is 6.42 Å². The third-order valence-corrected chi connectivity index (χ3v) is 2.08. The topological polar surface area (TPSA) is 58.4 Å². The van der Waals surface area contributed by atoms with Crippen LogP contribution in [0.3, 0.4) is 0 Å². The van der Waals surface area contributed by atoms with Gasteiger partial charge in [-0.15, -0.1) is 0 Å². The molecule has 2 rings (SSSR count). The molecule has 0 radical (unpaired) electrons. The Hall–Kier alpha value is -1.36. The highest BCUT2D eigenvalue weighted by Crippen LogP contribution is 2.18. The summed E-state index contributed by atoms with van der Waals surface area (Å²) in [7, 11) is 1.79. The van der Waals surface area contributed by atoms with Crippen LogP contribution in [0.25, 0.3) is 0 Å². The summed E-state index contributed by atoms with van der Waals surface area (Å²) in [6.45, 7) is 0.357. The van der Waals surface area contributed by atoms with Crippen molar-refractivity contribution in [2.75, 3.05) is 11.4 Å². The molecule has 70 valence electrons. The summed E-state index contributed by atoms with van der Waals surface area (Å²) >= 11 is 0. The molecule has 2 heterocycles. The fourth-order valence-corrected chi connectivity index (χ4v) is 1.46. The molecule has 1 aliphatic rings. The molecule has 0 spiro atoms. The lowest BCUT2D eigenvalue weighted by atomic mass is 10.3. The first-order chi connectivity index (χ1) is 6.16. The highest BCUT2D eigenvalue weighted by atomic mass is 16.3. The average Bonchev–Trinajstić information content (AvgIpc) is 2.58. The van der Waals surface area contributed by atoms with Gasteiger partial charge in [-0.1, -0.05) is 0 Å². The van der Waals surface area contributed by atoms with Crippen molar-refractivity contribution in [1.29, 1.82) is 0 Å². The van der Waals surface area contributed by atoms with Crippen molar-refractivity contribution in [1.82, 2.24) is 9.78 Å². The number of amides is 1. The Labute approximate surface area is 75.6 Å². The molecule has 0 saturated carbocycles. The summed E-state index contributed by atoms with van der Waals surface area (Å²) in [5.41, 5.74) is 0. The van der Waals surface area contributed by atoms with Gasteiger partial charge in [0.25, 0.3) is 0 Å². The summed E-state index contributed by atoms with van der Waals surface area (Å²) in [6.07, 6.45) is 1.43. The summed E-state index contributed by atoms with van der Waals surface area (Å²) in [5, 5.41) is 13.3. The molecule has 1 unspecified atom stereocenters. The van der Waals surface area contributed by atoms with Crippen molar-refractivity contribution in [2.45, 2.75) is 12.5 Å². The van der Waals surface area contributed by atoms with E-state index in [0.717, 1.165) is 0 Å². The maximum atomic E-state index is 11.3. The van der Waals surface area contributed by atoms with E-state index in [1.165, 1.54) is 4.90 Å². The van der Waals surface area contributed by atoms with Gasteiger partial charge in [-0.2, -0.15) is 5.10 Å². The lowest BCUT2D eigenvalue weighted by Gasteiger charge is -2.11. The predicted molar refractivity (Wildman–Crippen MR) is 46.2 cm³/mol. The molecule has 1 aromatic rings. The van der Waals surface area contributed by atoms with Crippen LogP contribution in [0.5, 0.6) is 0 Å². The second kappa shape index (κ2) is 2.85. The second-order valence-corrected chi connectivity index (χ2v) is 3.21. The average molecular weight is 181 g/mol. The van der Waals surface area contributed by atoms with Crippen LogP contribution in [0.2, 0.25) is 0 Å². The Bertz CT molecular complexity index is 334. The number of aliphatic hydroxyl groups excluding tert-OH is 1. The van der Waals surface area contributed by atoms with Crippen LogP contribution in [-0.4, -0.2) is 33.4 Å². The van der Waals surface area contributed by atoms with Crippen LogP contribution >= 0.6 is 0 Å². The number of rotatable bonds is 1. The van der Waals surface area contributed by atoms with E-state index >= 15 is 0 Å². The number of aliphatic hydroxyl groups is 1. The van der Waals surface area contributed by atoms with E-state index in [2.05, 4.69) is 5.10 Å². The van der Waals surface area contributed by atoms with Crippen LogP contribution in [0.15, 0.2) is 12.3 Å². The monoisotopic (exact) mass is 181 g/mol. The van der Waals surface area contributed by atoms with Crippen molar-refractivity contribution in [3.05, 3.63) is 12.3 Å². The summed E-state index contributed by atoms with van der Waals surface area (Å²) in [4.78, 5) is 12.8. The maximum absolute atomic E-state index is 11.3. The predicted octanol–water partition coefficient (Wildman–Crippen LogP) is -0.482. The largest absolute Gasteiger partial charge is 0.391 e. The van der Waals surface area contributed by atoms with E-state index in [1.807, 2.05) is 0 Å². The van der Waals surface area contributed by atoms with Gasteiger partial charge in [0.05, 0.1) is 19.1 Å². The molecule has 1 fully saturated rings. The van der Waals surface area contributed by atoms with Gasteiger partial charge in [0, 0.05) is 19.3 Å². The van der Waals surface area contributed by atoms with E-state index in [0.29, 0.717) is 12.4 Å². The number of aromatic nitrogens is 2. The van der Waals surface area contributed by atoms with Gasteiger partial charge in [-0.05, 0) is 0 Å². The molecule has 1 amide bonds. The lowest BCUT2D eigenvalue weighted by Crippen LogP contribution is -2.25. The van der Waals surface area contributed by atoms with Crippen molar-refractivity contribution < 1.29 is 9.90 Å². The molecule has 1 aliphatic heterocycles. The van der Waals surface area contributed by atoms with Crippen molar-refractivity contribution in [2.24, 2.45) is 7.05 Å². The first-order valence-electron chi connectivity index (χ1n) is 4.15. The zero-order valence-electron chi connectivity index (χ0n) is 7.34. The number of β-amino-alcohol motifs (C(OH)–C–C–N with tert-alkyl or cyclic N) is 1. The minimum absolute atomic E-state index is 0.0637. The number of carbonyl (C=O) groups excluding carboxylic acids is 1. The summed E-state index contributed by atoms with van der Waals surface area (Å²) in [6, 6.07) is 1.76. The van der Waals surface area contributed by atoms with Gasteiger partial charge >= 0.3 is 0 Å². The molecule has 5 nitrogen and oxygen atoms in total. The van der Waals surface area contributed by atoms with Gasteiger partial charge < -0.3 is 5.11 Å². The highest BCUT2D eigenvalue weighted by molar-refractivity contribution is 5.95. The first-order valence-corrected chi connectivity index (χ1v) is 4.15. The lowest BCUT2D eigenvalue weighted by molar-refractivity contribution is -0.117. The zero-order chi connectivity index (χ0) is 9.42. The quantitative estimate of drug-likeness (QED) is 0.636. The van der Waals surface area contributed by atoms with Crippen molar-refractivity contribution in [3.63, 3.8) is 0 Å². The third kappa shape index (κ3) is 1.42. The van der Waals surface area contributed by atoms with Crippen molar-refractivity contribution >= 4 is 11.7 Å². The third-order valence-electron chi connectivity index (χ3n) is 2.08. The van der Waals surface area contributed by atoms with Crippen LogP contribution in [-0.2, 0) is 11.8 Å². The molecule has 1 N–H and O–H groups in total. The molecule has 0 aromatic carbocycles. The van der Waals surface area contributed by atoms with Crippen LogP contribution < -0.4 is 4.90 Å². The SMILES string of the molecule is Cn1ccc(N2CC(O)CC2=O)n1. The standard InChI is InChI=1S/C8H11N3O2/c1-10-3-2-7(9-10)11-5-6(12)4-8(11)13/h2-3,6,12H,4-5H2,1H3. The van der Waals surface area contributed by atoms with Gasteiger partial charge in [0.2, 0.25) is 5.91 Å². The molecule has 13 heavy (non-hydrogen) atoms. The number of anilines is 1. The van der Waals surface area contributed by atoms with E-state index in [9.17, 15) is 9.90 Å². The molecule has 5 heteroatoms. The van der Waals surface area contributed by atoms with E-state index in [4.69, 9.17) is 0 Å². The maximum Gasteiger partial charge on any atom is 0.230 e. The normalized spacial score (nSPS) is 22.8. The van der Waals surface area contributed by atoms with Gasteiger partial charge in [0.15, 0.2) is 5.82 Å². The Kier molecular flexibility index (Phi) is 1.81. The zero-order valence-corrected chi connectivity index (χ0v) is 7.34. The minimum Gasteiger partial charge on any atom is -0.391 e. The number of carbonyl (C=O) groups is 1. The Balaban J connectivity index is 2.22. The van der Waals surface area contributed by atoms with E-state index in [1.54, 1.807) is 24.0 Å². The highest BCUT2D eigenvalue weighted by Gasteiger charge is 2.30. The molecule has 0 aliphatic carbocycles. The Morgan fingerprint density at radius 1 is 1.69 bits per heavy atom. The van der Waals surface area contributed by atoms with E-state index < -0.39 is 6.10 Å². The summed E-state index contributed by atoms with van der Waals surface area (Å²) in [5.74, 6) is 0.551. The van der Waals surface area contributed by atoms with Crippen LogP contribution in [0, 0.1) is 0 Å². The molecular formula is C8H11N3O2. The molecule has 1 atom stereocenters. The Morgan fingerprint density at radius 3 is 2.92 bits per heavy atom. The number of aryl methyl sites for hydroxylation is 1. The second-order valence-electron chi connectivity index (χ2n) is 3.21. The van der Waals surface area contributed by atoms with Gasteiger partial charge in [-0.25, -0.2) is 0 Å². The first kappa shape index (κ1) is 8.25. The number of nitrogens with zero attached hydrogens (tertiary/aromatic N) is 3. The molecular weight excluding hydrogens is 170 g/mol. The fraction of sp³-hybridized carbons (Fsp3) is 0.500. The Morgan fingerprint density at radius 2 is 2.46 bits per heavy atom. The molecule has 1 aromatic heterocycles. The van der Waals surface area contributed by atoms with E-state index in [-0.39, 0.29) is 12.3 Å².